The fourth-order valence-electron chi connectivity index (χ4n) is 2.67. The van der Waals surface area contributed by atoms with Crippen molar-refractivity contribution in [3.8, 4) is 11.3 Å². The number of anilines is 2. The topological polar surface area (TPSA) is 108 Å². The predicted molar refractivity (Wildman–Crippen MR) is 101 cm³/mol. The first-order valence-electron chi connectivity index (χ1n) is 8.07. The zero-order valence-electron chi connectivity index (χ0n) is 14.7. The Morgan fingerprint density at radius 3 is 2.56 bits per heavy atom. The lowest BCUT2D eigenvalue weighted by Crippen LogP contribution is -2.22. The highest BCUT2D eigenvalue weighted by molar-refractivity contribution is 7.89. The van der Waals surface area contributed by atoms with E-state index in [9.17, 15) is 8.42 Å². The van der Waals surface area contributed by atoms with Crippen molar-refractivity contribution in [3.05, 3.63) is 55.2 Å². The van der Waals surface area contributed by atoms with Gasteiger partial charge < -0.3 is 5.32 Å². The van der Waals surface area contributed by atoms with E-state index in [4.69, 9.17) is 0 Å². The molecule has 3 heterocycles. The summed E-state index contributed by atoms with van der Waals surface area (Å²) in [4.78, 5) is 9.03. The molecule has 1 aromatic carbocycles. The van der Waals surface area contributed by atoms with Gasteiger partial charge in [0, 0.05) is 43.9 Å². The molecule has 0 aliphatic rings. The van der Waals surface area contributed by atoms with E-state index < -0.39 is 10.0 Å². The van der Waals surface area contributed by atoms with Gasteiger partial charge in [-0.25, -0.2) is 22.7 Å². The number of hydrogen-bond acceptors (Lipinski definition) is 6. The summed E-state index contributed by atoms with van der Waals surface area (Å²) in [5, 5.41) is 9.94. The molecule has 0 saturated carbocycles. The Balaban J connectivity index is 1.66. The van der Waals surface area contributed by atoms with Crippen LogP contribution in [0.1, 0.15) is 0 Å². The van der Waals surface area contributed by atoms with E-state index in [2.05, 4.69) is 25.5 Å². The number of H-pyrrole nitrogens is 1. The Kier molecular flexibility index (Phi) is 4.13. The normalized spacial score (nSPS) is 12.0. The summed E-state index contributed by atoms with van der Waals surface area (Å²) in [5.74, 6) is 0.565. The molecule has 4 aromatic rings. The van der Waals surface area contributed by atoms with Gasteiger partial charge in [-0.15, -0.1) is 0 Å². The second-order valence-corrected chi connectivity index (χ2v) is 8.19. The molecule has 0 aliphatic carbocycles. The first kappa shape index (κ1) is 17.2. The molecule has 0 fully saturated rings. The zero-order chi connectivity index (χ0) is 19.0. The third-order valence-electron chi connectivity index (χ3n) is 4.12. The molecule has 0 saturated heterocycles. The van der Waals surface area contributed by atoms with Crippen LogP contribution in [0.2, 0.25) is 0 Å². The van der Waals surface area contributed by atoms with Crippen LogP contribution in [0.5, 0.6) is 0 Å². The van der Waals surface area contributed by atoms with Crippen molar-refractivity contribution in [2.24, 2.45) is 0 Å². The molecule has 0 amide bonds. The second-order valence-electron chi connectivity index (χ2n) is 6.04. The maximum absolute atomic E-state index is 12.2. The summed E-state index contributed by atoms with van der Waals surface area (Å²) < 4.78 is 27.4. The molecule has 9 nitrogen and oxygen atoms in total. The van der Waals surface area contributed by atoms with E-state index >= 15 is 0 Å². The summed E-state index contributed by atoms with van der Waals surface area (Å²) in [5.41, 5.74) is 3.16. The summed E-state index contributed by atoms with van der Waals surface area (Å²) in [7, 11) is -0.454. The summed E-state index contributed by atoms with van der Waals surface area (Å²) >= 11 is 0. The van der Waals surface area contributed by atoms with Crippen LogP contribution in [0.25, 0.3) is 16.9 Å². The number of aromatic nitrogens is 5. The molecule has 0 aliphatic heterocycles. The molecule has 0 spiro atoms. The van der Waals surface area contributed by atoms with Gasteiger partial charge in [-0.05, 0) is 24.3 Å². The summed E-state index contributed by atoms with van der Waals surface area (Å²) in [6.07, 6.45) is 8.76. The Hall–Kier alpha value is -3.24. The fourth-order valence-corrected chi connectivity index (χ4v) is 3.57. The van der Waals surface area contributed by atoms with E-state index in [1.54, 1.807) is 49.1 Å². The molecule has 2 N–H and O–H groups in total. The van der Waals surface area contributed by atoms with Crippen molar-refractivity contribution in [2.75, 3.05) is 19.4 Å². The molecule has 0 unspecified atom stereocenters. The van der Waals surface area contributed by atoms with Crippen molar-refractivity contribution < 1.29 is 8.42 Å². The molecule has 0 atom stereocenters. The van der Waals surface area contributed by atoms with Gasteiger partial charge in [-0.3, -0.25) is 9.50 Å². The summed E-state index contributed by atoms with van der Waals surface area (Å²) in [6, 6.07) is 6.50. The first-order chi connectivity index (χ1) is 13.0. The lowest BCUT2D eigenvalue weighted by molar-refractivity contribution is 0.521. The third-order valence-corrected chi connectivity index (χ3v) is 5.95. The van der Waals surface area contributed by atoms with Crippen molar-refractivity contribution in [3.63, 3.8) is 0 Å². The van der Waals surface area contributed by atoms with Crippen LogP contribution in [0.4, 0.5) is 11.5 Å². The first-order valence-corrected chi connectivity index (χ1v) is 9.51. The quantitative estimate of drug-likeness (QED) is 0.546. The Morgan fingerprint density at radius 2 is 1.89 bits per heavy atom. The van der Waals surface area contributed by atoms with E-state index in [0.717, 1.165) is 11.3 Å². The van der Waals surface area contributed by atoms with E-state index in [1.807, 2.05) is 10.6 Å². The van der Waals surface area contributed by atoms with Crippen molar-refractivity contribution in [1.29, 1.82) is 0 Å². The minimum Gasteiger partial charge on any atom is -0.337 e. The van der Waals surface area contributed by atoms with Crippen molar-refractivity contribution in [1.82, 2.24) is 28.9 Å². The highest BCUT2D eigenvalue weighted by Gasteiger charge is 2.17. The second kappa shape index (κ2) is 6.49. The van der Waals surface area contributed by atoms with Gasteiger partial charge in [0.05, 0.1) is 23.0 Å². The van der Waals surface area contributed by atoms with Crippen LogP contribution in [-0.2, 0) is 10.0 Å². The maximum Gasteiger partial charge on any atom is 0.242 e. The number of rotatable bonds is 5. The molecule has 4 rings (SSSR count). The highest BCUT2D eigenvalue weighted by atomic mass is 32.2. The number of benzene rings is 1. The average Bonchev–Trinajstić information content (AvgIpc) is 3.32. The standard InChI is InChI=1S/C17H17N7O2S/c1-23(2)27(25,26)14-5-3-13(4-6-14)22-16-17-19-11-15(12-9-20-21-10-12)24(17)8-7-18-16/h3-11H,1-2H3,(H,18,22)(H,20,21). The molecule has 27 heavy (non-hydrogen) atoms. The number of sulfonamides is 1. The van der Waals surface area contributed by atoms with Gasteiger partial charge in [-0.1, -0.05) is 0 Å². The zero-order valence-corrected chi connectivity index (χ0v) is 15.5. The van der Waals surface area contributed by atoms with Crippen molar-refractivity contribution in [2.45, 2.75) is 4.90 Å². The highest BCUT2D eigenvalue weighted by Crippen LogP contribution is 2.25. The number of aromatic amines is 1. The number of nitrogens with zero attached hydrogens (tertiary/aromatic N) is 5. The lowest BCUT2D eigenvalue weighted by atomic mass is 10.3. The van der Waals surface area contributed by atoms with Crippen LogP contribution >= 0.6 is 0 Å². The van der Waals surface area contributed by atoms with Crippen LogP contribution in [0.3, 0.4) is 0 Å². The minimum absolute atomic E-state index is 0.229. The van der Waals surface area contributed by atoms with E-state index in [1.165, 1.54) is 18.4 Å². The van der Waals surface area contributed by atoms with Gasteiger partial charge in [0.25, 0.3) is 0 Å². The summed E-state index contributed by atoms with van der Waals surface area (Å²) in [6.45, 7) is 0. The Morgan fingerprint density at radius 1 is 1.11 bits per heavy atom. The molecular weight excluding hydrogens is 366 g/mol. The molecule has 3 aromatic heterocycles. The average molecular weight is 383 g/mol. The van der Waals surface area contributed by atoms with Gasteiger partial charge in [0.2, 0.25) is 10.0 Å². The Labute approximate surface area is 155 Å². The number of hydrogen-bond donors (Lipinski definition) is 2. The van der Waals surface area contributed by atoms with Crippen LogP contribution in [-0.4, -0.2) is 51.4 Å². The SMILES string of the molecule is CN(C)S(=O)(=O)c1ccc(Nc2nccn3c(-c4cn[nH]c4)cnc23)cc1. The van der Waals surface area contributed by atoms with Crippen LogP contribution in [0, 0.1) is 0 Å². The van der Waals surface area contributed by atoms with Gasteiger partial charge in [0.15, 0.2) is 11.5 Å². The molecule has 10 heteroatoms. The molecular formula is C17H17N7O2S. The molecule has 0 radical (unpaired) electrons. The van der Waals surface area contributed by atoms with Crippen molar-refractivity contribution >= 4 is 27.2 Å². The lowest BCUT2D eigenvalue weighted by Gasteiger charge is -2.12. The number of fused-ring (bicyclic) bond motifs is 1. The van der Waals surface area contributed by atoms with Gasteiger partial charge in [0.1, 0.15) is 0 Å². The predicted octanol–water partition coefficient (Wildman–Crippen LogP) is 2.11. The molecule has 0 bridgehead atoms. The van der Waals surface area contributed by atoms with Gasteiger partial charge >= 0.3 is 0 Å². The maximum atomic E-state index is 12.2. The van der Waals surface area contributed by atoms with Crippen LogP contribution in [0.15, 0.2) is 60.1 Å². The number of imidazole rings is 1. The molecule has 138 valence electrons. The fraction of sp³-hybridized carbons (Fsp3) is 0.118. The Bertz CT molecular complexity index is 1180. The smallest absolute Gasteiger partial charge is 0.242 e. The van der Waals surface area contributed by atoms with E-state index in [0.29, 0.717) is 17.2 Å². The monoisotopic (exact) mass is 383 g/mol. The minimum atomic E-state index is -3.46. The third kappa shape index (κ3) is 3.04. The largest absolute Gasteiger partial charge is 0.337 e. The van der Waals surface area contributed by atoms with E-state index in [-0.39, 0.29) is 4.90 Å². The van der Waals surface area contributed by atoms with Crippen LogP contribution < -0.4 is 5.32 Å². The van der Waals surface area contributed by atoms with Gasteiger partial charge in [-0.2, -0.15) is 5.10 Å². The number of nitrogens with one attached hydrogen (secondary N) is 2.